The van der Waals surface area contributed by atoms with Crippen molar-refractivity contribution in [3.8, 4) is 0 Å². The van der Waals surface area contributed by atoms with Crippen LogP contribution in [0.15, 0.2) is 23.1 Å². The monoisotopic (exact) mass is 408 g/mol. The molecule has 2 aliphatic rings. The molecule has 1 fully saturated rings. The highest BCUT2D eigenvalue weighted by Crippen LogP contribution is 2.37. The van der Waals surface area contributed by atoms with Gasteiger partial charge in [-0.15, -0.1) is 11.8 Å². The summed E-state index contributed by atoms with van der Waals surface area (Å²) in [4.78, 5) is 10.8. The van der Waals surface area contributed by atoms with Gasteiger partial charge in [0, 0.05) is 21.8 Å². The molecule has 0 bridgehead atoms. The van der Waals surface area contributed by atoms with E-state index in [0.29, 0.717) is 22.0 Å². The van der Waals surface area contributed by atoms with Crippen LogP contribution in [0.4, 0.5) is 17.5 Å². The average molecular weight is 409 g/mol. The topological polar surface area (TPSA) is 49.8 Å². The third-order valence-electron chi connectivity index (χ3n) is 4.80. The Morgan fingerprint density at radius 2 is 1.73 bits per heavy atom. The summed E-state index contributed by atoms with van der Waals surface area (Å²) < 4.78 is 0. The molecule has 1 aromatic heterocycles. The van der Waals surface area contributed by atoms with Crippen molar-refractivity contribution >= 4 is 52.4 Å². The van der Waals surface area contributed by atoms with Crippen LogP contribution in [0.25, 0.3) is 0 Å². The Kier molecular flexibility index (Phi) is 5.77. The molecule has 0 amide bonds. The van der Waals surface area contributed by atoms with Crippen molar-refractivity contribution in [2.24, 2.45) is 0 Å². The predicted molar refractivity (Wildman–Crippen MR) is 111 cm³/mol. The number of hydrogen-bond donors (Lipinski definition) is 2. The standard InChI is InChI=1S/C19H22Cl2N4S/c20-12-9-13(21)11-15(10-12)23-19-24-16-7-4-8-26-17(16)18(25-19)22-14-5-2-1-3-6-14/h9-11,14H,1-8H2,(H2,22,23,24,25). The van der Waals surface area contributed by atoms with Crippen LogP contribution in [-0.4, -0.2) is 21.8 Å². The molecule has 0 radical (unpaired) electrons. The zero-order valence-corrected chi connectivity index (χ0v) is 16.9. The summed E-state index contributed by atoms with van der Waals surface area (Å²) in [5.41, 5.74) is 1.93. The highest BCUT2D eigenvalue weighted by molar-refractivity contribution is 7.99. The van der Waals surface area contributed by atoms with Crippen molar-refractivity contribution in [1.82, 2.24) is 9.97 Å². The normalized spacial score (nSPS) is 17.6. The largest absolute Gasteiger partial charge is 0.366 e. The summed E-state index contributed by atoms with van der Waals surface area (Å²) in [6.45, 7) is 0. The van der Waals surface area contributed by atoms with E-state index in [1.54, 1.807) is 6.07 Å². The molecule has 2 N–H and O–H groups in total. The molecule has 1 aliphatic carbocycles. The molecule has 0 saturated heterocycles. The molecule has 1 saturated carbocycles. The summed E-state index contributed by atoms with van der Waals surface area (Å²) in [5, 5.41) is 8.15. The number of anilines is 3. The number of aromatic nitrogens is 2. The van der Waals surface area contributed by atoms with E-state index in [9.17, 15) is 0 Å². The molecule has 2 heterocycles. The SMILES string of the molecule is Clc1cc(Cl)cc(Nc2nc3c(c(NC4CCCCC4)n2)SCCC3)c1. The van der Waals surface area contributed by atoms with Crippen LogP contribution < -0.4 is 10.6 Å². The second-order valence-electron chi connectivity index (χ2n) is 6.89. The van der Waals surface area contributed by atoms with Gasteiger partial charge in [0.2, 0.25) is 5.95 Å². The van der Waals surface area contributed by atoms with Gasteiger partial charge in [-0.05, 0) is 49.6 Å². The van der Waals surface area contributed by atoms with Crippen LogP contribution in [0.3, 0.4) is 0 Å². The number of thioether (sulfide) groups is 1. The lowest BCUT2D eigenvalue weighted by atomic mass is 9.95. The van der Waals surface area contributed by atoms with E-state index in [2.05, 4.69) is 10.6 Å². The average Bonchev–Trinajstić information content (AvgIpc) is 2.62. The maximum Gasteiger partial charge on any atom is 0.229 e. The molecule has 26 heavy (non-hydrogen) atoms. The van der Waals surface area contributed by atoms with Gasteiger partial charge in [0.25, 0.3) is 0 Å². The molecular weight excluding hydrogens is 387 g/mol. The number of nitrogens with zero attached hydrogens (tertiary/aromatic N) is 2. The van der Waals surface area contributed by atoms with Gasteiger partial charge in [-0.25, -0.2) is 4.98 Å². The van der Waals surface area contributed by atoms with Crippen LogP contribution in [0.1, 0.15) is 44.2 Å². The lowest BCUT2D eigenvalue weighted by Crippen LogP contribution is -2.24. The van der Waals surface area contributed by atoms with Crippen molar-refractivity contribution in [2.75, 3.05) is 16.4 Å². The molecule has 0 unspecified atom stereocenters. The van der Waals surface area contributed by atoms with Crippen LogP contribution in [-0.2, 0) is 6.42 Å². The summed E-state index contributed by atoms with van der Waals surface area (Å²) in [6.07, 6.45) is 8.52. The predicted octanol–water partition coefficient (Wildman–Crippen LogP) is 6.31. The molecule has 1 aliphatic heterocycles. The molecule has 7 heteroatoms. The first-order valence-electron chi connectivity index (χ1n) is 9.21. The number of aryl methyl sites for hydroxylation is 1. The minimum absolute atomic E-state index is 0.513. The summed E-state index contributed by atoms with van der Waals surface area (Å²) in [7, 11) is 0. The van der Waals surface area contributed by atoms with Crippen LogP contribution in [0.2, 0.25) is 10.0 Å². The molecule has 4 nitrogen and oxygen atoms in total. The third-order valence-corrected chi connectivity index (χ3v) is 6.45. The van der Waals surface area contributed by atoms with E-state index in [1.807, 2.05) is 23.9 Å². The summed E-state index contributed by atoms with van der Waals surface area (Å²) >= 11 is 14.1. The maximum atomic E-state index is 6.11. The molecule has 0 spiro atoms. The van der Waals surface area contributed by atoms with Crippen molar-refractivity contribution in [2.45, 2.75) is 55.9 Å². The molecule has 1 aromatic carbocycles. The van der Waals surface area contributed by atoms with Crippen LogP contribution >= 0.6 is 35.0 Å². The first-order valence-corrected chi connectivity index (χ1v) is 10.9. The lowest BCUT2D eigenvalue weighted by molar-refractivity contribution is 0.461. The third kappa shape index (κ3) is 4.38. The number of fused-ring (bicyclic) bond motifs is 1. The van der Waals surface area contributed by atoms with Crippen LogP contribution in [0, 0.1) is 0 Å². The van der Waals surface area contributed by atoms with E-state index in [4.69, 9.17) is 33.2 Å². The van der Waals surface area contributed by atoms with Gasteiger partial charge in [-0.2, -0.15) is 4.98 Å². The number of halogens is 2. The van der Waals surface area contributed by atoms with Gasteiger partial charge in [-0.1, -0.05) is 42.5 Å². The van der Waals surface area contributed by atoms with E-state index in [-0.39, 0.29) is 0 Å². The number of hydrogen-bond acceptors (Lipinski definition) is 5. The fourth-order valence-corrected chi connectivity index (χ4v) is 5.16. The smallest absolute Gasteiger partial charge is 0.229 e. The fourth-order valence-electron chi connectivity index (χ4n) is 3.58. The van der Waals surface area contributed by atoms with Crippen molar-refractivity contribution in [3.63, 3.8) is 0 Å². The first-order chi connectivity index (χ1) is 12.7. The zero-order chi connectivity index (χ0) is 17.9. The molecule has 138 valence electrons. The van der Waals surface area contributed by atoms with Gasteiger partial charge < -0.3 is 10.6 Å². The Morgan fingerprint density at radius 3 is 2.50 bits per heavy atom. The molecular formula is C19H22Cl2N4S. The van der Waals surface area contributed by atoms with Gasteiger partial charge in [0.05, 0.1) is 10.6 Å². The maximum absolute atomic E-state index is 6.11. The van der Waals surface area contributed by atoms with E-state index < -0.39 is 0 Å². The number of nitrogens with one attached hydrogen (secondary N) is 2. The molecule has 2 aromatic rings. The molecule has 0 atom stereocenters. The molecule has 4 rings (SSSR count). The Bertz CT molecular complexity index is 773. The quantitative estimate of drug-likeness (QED) is 0.620. The first kappa shape index (κ1) is 18.2. The van der Waals surface area contributed by atoms with Gasteiger partial charge >= 0.3 is 0 Å². The minimum Gasteiger partial charge on any atom is -0.366 e. The Morgan fingerprint density at radius 1 is 0.962 bits per heavy atom. The minimum atomic E-state index is 0.513. The van der Waals surface area contributed by atoms with Crippen molar-refractivity contribution < 1.29 is 0 Å². The Balaban J connectivity index is 1.63. The highest BCUT2D eigenvalue weighted by Gasteiger charge is 2.22. The Hall–Kier alpha value is -1.17. The zero-order valence-electron chi connectivity index (χ0n) is 14.5. The fraction of sp³-hybridized carbons (Fsp3) is 0.474. The highest BCUT2D eigenvalue weighted by atomic mass is 35.5. The second-order valence-corrected chi connectivity index (χ2v) is 8.86. The van der Waals surface area contributed by atoms with E-state index in [1.165, 1.54) is 37.0 Å². The van der Waals surface area contributed by atoms with Crippen molar-refractivity contribution in [1.29, 1.82) is 0 Å². The summed E-state index contributed by atoms with van der Waals surface area (Å²) in [6, 6.07) is 5.89. The van der Waals surface area contributed by atoms with Crippen LogP contribution in [0.5, 0.6) is 0 Å². The van der Waals surface area contributed by atoms with Crippen molar-refractivity contribution in [3.05, 3.63) is 33.9 Å². The second kappa shape index (κ2) is 8.24. The lowest BCUT2D eigenvalue weighted by Gasteiger charge is -2.26. The van der Waals surface area contributed by atoms with Gasteiger partial charge in [0.1, 0.15) is 5.82 Å². The number of benzene rings is 1. The Labute approximate surface area is 168 Å². The summed E-state index contributed by atoms with van der Waals surface area (Å²) in [5.74, 6) is 2.71. The van der Waals surface area contributed by atoms with Gasteiger partial charge in [0.15, 0.2) is 0 Å². The van der Waals surface area contributed by atoms with E-state index >= 15 is 0 Å². The van der Waals surface area contributed by atoms with Gasteiger partial charge in [-0.3, -0.25) is 0 Å². The van der Waals surface area contributed by atoms with E-state index in [0.717, 1.165) is 35.8 Å². The number of rotatable bonds is 4.